The van der Waals surface area contributed by atoms with Crippen LogP contribution < -0.4 is 11.1 Å². The number of rotatable bonds is 6. The molecule has 1 atom stereocenters. The number of hydrogen-bond acceptors (Lipinski definition) is 3. The highest BCUT2D eigenvalue weighted by Gasteiger charge is 2.40. The van der Waals surface area contributed by atoms with E-state index in [-0.39, 0.29) is 11.8 Å². The molecule has 19 heavy (non-hydrogen) atoms. The second-order valence-corrected chi connectivity index (χ2v) is 5.40. The summed E-state index contributed by atoms with van der Waals surface area (Å²) in [4.78, 5) is 26.2. The van der Waals surface area contributed by atoms with E-state index in [0.29, 0.717) is 19.6 Å². The van der Waals surface area contributed by atoms with E-state index in [0.717, 1.165) is 25.7 Å². The summed E-state index contributed by atoms with van der Waals surface area (Å²) in [5, 5.41) is 2.85. The van der Waals surface area contributed by atoms with Crippen molar-refractivity contribution in [1.29, 1.82) is 0 Å². The number of likely N-dealkylation sites (N-methyl/N-ethyl adjacent to an activating group) is 1. The molecule has 0 spiro atoms. The first kappa shape index (κ1) is 16.0. The van der Waals surface area contributed by atoms with E-state index in [1.54, 1.807) is 11.8 Å². The van der Waals surface area contributed by atoms with Crippen molar-refractivity contribution in [3.05, 3.63) is 0 Å². The number of nitrogens with zero attached hydrogens (tertiary/aromatic N) is 1. The Morgan fingerprint density at radius 1 is 1.26 bits per heavy atom. The first-order valence-corrected chi connectivity index (χ1v) is 7.30. The SMILES string of the molecule is CCN(CC)C(=O)C(C)NC(=O)C1(CN)CCCC1. The Morgan fingerprint density at radius 2 is 1.79 bits per heavy atom. The molecule has 1 unspecified atom stereocenters. The number of nitrogens with two attached hydrogens (primary N) is 1. The van der Waals surface area contributed by atoms with E-state index >= 15 is 0 Å². The summed E-state index contributed by atoms with van der Waals surface area (Å²) in [6.07, 6.45) is 3.76. The molecule has 1 rings (SSSR count). The van der Waals surface area contributed by atoms with E-state index in [9.17, 15) is 9.59 Å². The minimum Gasteiger partial charge on any atom is -0.344 e. The van der Waals surface area contributed by atoms with E-state index in [1.165, 1.54) is 0 Å². The van der Waals surface area contributed by atoms with Crippen molar-refractivity contribution in [3.8, 4) is 0 Å². The average molecular weight is 269 g/mol. The summed E-state index contributed by atoms with van der Waals surface area (Å²) < 4.78 is 0. The summed E-state index contributed by atoms with van der Waals surface area (Å²) in [6, 6.07) is -0.476. The average Bonchev–Trinajstić information content (AvgIpc) is 2.89. The minimum atomic E-state index is -0.476. The highest BCUT2D eigenvalue weighted by atomic mass is 16.2. The first-order chi connectivity index (χ1) is 9.00. The highest BCUT2D eigenvalue weighted by Crippen LogP contribution is 2.37. The molecule has 110 valence electrons. The van der Waals surface area contributed by atoms with E-state index in [1.807, 2.05) is 13.8 Å². The van der Waals surface area contributed by atoms with Crippen molar-refractivity contribution in [2.24, 2.45) is 11.1 Å². The van der Waals surface area contributed by atoms with Crippen LogP contribution in [0.25, 0.3) is 0 Å². The third-order valence-corrected chi connectivity index (χ3v) is 4.23. The fourth-order valence-corrected chi connectivity index (χ4v) is 2.80. The van der Waals surface area contributed by atoms with Gasteiger partial charge in [0.1, 0.15) is 6.04 Å². The maximum Gasteiger partial charge on any atom is 0.244 e. The van der Waals surface area contributed by atoms with Gasteiger partial charge in [-0.15, -0.1) is 0 Å². The molecule has 1 aliphatic rings. The van der Waals surface area contributed by atoms with Gasteiger partial charge in [0.2, 0.25) is 11.8 Å². The van der Waals surface area contributed by atoms with Crippen molar-refractivity contribution in [3.63, 3.8) is 0 Å². The summed E-state index contributed by atoms with van der Waals surface area (Å²) >= 11 is 0. The topological polar surface area (TPSA) is 75.4 Å². The van der Waals surface area contributed by atoms with Gasteiger partial charge in [0, 0.05) is 19.6 Å². The van der Waals surface area contributed by atoms with Crippen LogP contribution in [0, 0.1) is 5.41 Å². The lowest BCUT2D eigenvalue weighted by molar-refractivity contribution is -0.138. The molecule has 1 fully saturated rings. The van der Waals surface area contributed by atoms with Gasteiger partial charge in [-0.3, -0.25) is 9.59 Å². The van der Waals surface area contributed by atoms with Gasteiger partial charge in [-0.05, 0) is 33.6 Å². The van der Waals surface area contributed by atoms with Crippen LogP contribution in [0.5, 0.6) is 0 Å². The zero-order valence-corrected chi connectivity index (χ0v) is 12.4. The smallest absolute Gasteiger partial charge is 0.244 e. The molecular formula is C14H27N3O2. The molecule has 0 aromatic rings. The second-order valence-electron chi connectivity index (χ2n) is 5.40. The number of carbonyl (C=O) groups is 2. The quantitative estimate of drug-likeness (QED) is 0.751. The molecule has 0 heterocycles. The first-order valence-electron chi connectivity index (χ1n) is 7.30. The van der Waals surface area contributed by atoms with E-state index < -0.39 is 11.5 Å². The second kappa shape index (κ2) is 6.89. The van der Waals surface area contributed by atoms with Crippen molar-refractivity contribution in [2.75, 3.05) is 19.6 Å². The van der Waals surface area contributed by atoms with Crippen LogP contribution in [0.1, 0.15) is 46.5 Å². The normalized spacial score (nSPS) is 18.9. The Labute approximate surface area is 115 Å². The number of amides is 2. The molecule has 0 bridgehead atoms. The maximum atomic E-state index is 12.4. The Hall–Kier alpha value is -1.10. The van der Waals surface area contributed by atoms with Crippen LogP contribution in [0.2, 0.25) is 0 Å². The van der Waals surface area contributed by atoms with E-state index in [4.69, 9.17) is 5.73 Å². The van der Waals surface area contributed by atoms with Gasteiger partial charge >= 0.3 is 0 Å². The summed E-state index contributed by atoms with van der Waals surface area (Å²) in [5.41, 5.74) is 5.33. The van der Waals surface area contributed by atoms with Gasteiger partial charge < -0.3 is 16.0 Å². The zero-order valence-electron chi connectivity index (χ0n) is 12.4. The lowest BCUT2D eigenvalue weighted by Crippen LogP contribution is -2.52. The largest absolute Gasteiger partial charge is 0.344 e. The van der Waals surface area contributed by atoms with Gasteiger partial charge in [-0.25, -0.2) is 0 Å². The van der Waals surface area contributed by atoms with Crippen LogP contribution >= 0.6 is 0 Å². The van der Waals surface area contributed by atoms with Gasteiger partial charge in [-0.2, -0.15) is 0 Å². The van der Waals surface area contributed by atoms with Gasteiger partial charge in [0.05, 0.1) is 5.41 Å². The predicted molar refractivity (Wildman–Crippen MR) is 75.5 cm³/mol. The fraction of sp³-hybridized carbons (Fsp3) is 0.857. The Balaban J connectivity index is 2.63. The van der Waals surface area contributed by atoms with Crippen LogP contribution in [-0.4, -0.2) is 42.4 Å². The Bertz CT molecular complexity index is 321. The lowest BCUT2D eigenvalue weighted by Gasteiger charge is -2.29. The molecule has 0 radical (unpaired) electrons. The van der Waals surface area contributed by atoms with Crippen molar-refractivity contribution >= 4 is 11.8 Å². The van der Waals surface area contributed by atoms with Crippen LogP contribution in [0.15, 0.2) is 0 Å². The zero-order chi connectivity index (χ0) is 14.5. The molecule has 5 nitrogen and oxygen atoms in total. The third kappa shape index (κ3) is 3.47. The number of hydrogen-bond donors (Lipinski definition) is 2. The molecule has 5 heteroatoms. The molecule has 0 saturated heterocycles. The molecule has 0 aromatic carbocycles. The molecule has 0 aromatic heterocycles. The Morgan fingerprint density at radius 3 is 2.21 bits per heavy atom. The van der Waals surface area contributed by atoms with Crippen molar-refractivity contribution in [2.45, 2.75) is 52.5 Å². The summed E-state index contributed by atoms with van der Waals surface area (Å²) in [6.45, 7) is 7.32. The predicted octanol–water partition coefficient (Wildman–Crippen LogP) is 0.879. The van der Waals surface area contributed by atoms with Crippen LogP contribution in [-0.2, 0) is 9.59 Å². The Kier molecular flexibility index (Phi) is 5.79. The lowest BCUT2D eigenvalue weighted by atomic mass is 9.85. The molecule has 3 N–H and O–H groups in total. The van der Waals surface area contributed by atoms with Gasteiger partial charge in [0.25, 0.3) is 0 Å². The van der Waals surface area contributed by atoms with Crippen molar-refractivity contribution < 1.29 is 9.59 Å². The fourth-order valence-electron chi connectivity index (χ4n) is 2.80. The number of carbonyl (C=O) groups excluding carboxylic acids is 2. The monoisotopic (exact) mass is 269 g/mol. The highest BCUT2D eigenvalue weighted by molar-refractivity contribution is 5.90. The molecule has 0 aliphatic heterocycles. The van der Waals surface area contributed by atoms with Gasteiger partial charge in [0.15, 0.2) is 0 Å². The van der Waals surface area contributed by atoms with Crippen molar-refractivity contribution in [1.82, 2.24) is 10.2 Å². The molecule has 2 amide bonds. The standard InChI is InChI=1S/C14H27N3O2/c1-4-17(5-2)12(18)11(3)16-13(19)14(10-15)8-6-7-9-14/h11H,4-10,15H2,1-3H3,(H,16,19). The molecule has 1 aliphatic carbocycles. The van der Waals surface area contributed by atoms with Crippen LogP contribution in [0.3, 0.4) is 0 Å². The molecule has 1 saturated carbocycles. The van der Waals surface area contributed by atoms with E-state index in [2.05, 4.69) is 5.32 Å². The third-order valence-electron chi connectivity index (χ3n) is 4.23. The molecular weight excluding hydrogens is 242 g/mol. The maximum absolute atomic E-state index is 12.4. The van der Waals surface area contributed by atoms with Crippen LogP contribution in [0.4, 0.5) is 0 Å². The van der Waals surface area contributed by atoms with Gasteiger partial charge in [-0.1, -0.05) is 12.8 Å². The number of nitrogens with one attached hydrogen (secondary N) is 1. The summed E-state index contributed by atoms with van der Waals surface area (Å²) in [7, 11) is 0. The minimum absolute atomic E-state index is 0.0245. The summed E-state index contributed by atoms with van der Waals surface area (Å²) in [5.74, 6) is -0.0796.